The first-order valence-electron chi connectivity index (χ1n) is 7.21. The van der Waals surface area contributed by atoms with E-state index in [0.29, 0.717) is 11.7 Å². The lowest BCUT2D eigenvalue weighted by atomic mass is 10.2. The Labute approximate surface area is 138 Å². The van der Waals surface area contributed by atoms with Gasteiger partial charge in [0.1, 0.15) is 5.15 Å². The highest BCUT2D eigenvalue weighted by Gasteiger charge is 2.22. The topological polar surface area (TPSA) is 42.4 Å². The van der Waals surface area contributed by atoms with Crippen LogP contribution in [-0.4, -0.2) is 29.4 Å². The third kappa shape index (κ3) is 3.32. The Hall–Kier alpha value is -1.43. The lowest BCUT2D eigenvalue weighted by Gasteiger charge is -2.16. The van der Waals surface area contributed by atoms with E-state index in [9.17, 15) is 4.79 Å². The predicted molar refractivity (Wildman–Crippen MR) is 87.3 cm³/mol. The van der Waals surface area contributed by atoms with Crippen molar-refractivity contribution in [3.63, 3.8) is 0 Å². The highest BCUT2D eigenvalue weighted by atomic mass is 35.5. The minimum Gasteiger partial charge on any atom is -0.373 e. The third-order valence-electron chi connectivity index (χ3n) is 3.68. The van der Waals surface area contributed by atoms with E-state index in [0.717, 1.165) is 34.8 Å². The fraction of sp³-hybridized carbons (Fsp3) is 0.375. The molecule has 0 spiro atoms. The van der Waals surface area contributed by atoms with Gasteiger partial charge in [0.05, 0.1) is 11.0 Å². The monoisotopic (exact) mass is 336 g/mol. The van der Waals surface area contributed by atoms with E-state index in [1.807, 2.05) is 24.3 Å². The minimum atomic E-state index is -0.00540. The average molecular weight is 337 g/mol. The number of ether oxygens (including phenoxy) is 1. The molecule has 1 atom stereocenters. The molecule has 1 aliphatic heterocycles. The standard InChI is InChI=1S/C16H17ClN2O2S/c1-19(10-11-4-2-8-18-15(11)17)16(20)14-7-6-13(22-14)12-5-3-9-21-12/h2,4,6-8,12H,3,5,9-10H2,1H3. The van der Waals surface area contributed by atoms with Crippen LogP contribution >= 0.6 is 22.9 Å². The SMILES string of the molecule is CN(Cc1cccnc1Cl)C(=O)c1ccc(C2CCCO2)s1. The molecule has 22 heavy (non-hydrogen) atoms. The summed E-state index contributed by atoms with van der Waals surface area (Å²) in [5, 5.41) is 0.438. The van der Waals surface area contributed by atoms with Crippen LogP contribution < -0.4 is 0 Å². The first-order chi connectivity index (χ1) is 10.6. The van der Waals surface area contributed by atoms with E-state index in [1.165, 1.54) is 11.3 Å². The summed E-state index contributed by atoms with van der Waals surface area (Å²) in [6.45, 7) is 1.25. The van der Waals surface area contributed by atoms with Gasteiger partial charge in [-0.05, 0) is 31.0 Å². The van der Waals surface area contributed by atoms with Gasteiger partial charge in [0.2, 0.25) is 0 Å². The molecule has 4 nitrogen and oxygen atoms in total. The van der Waals surface area contributed by atoms with E-state index in [4.69, 9.17) is 16.3 Å². The Bertz CT molecular complexity index is 668. The second-order valence-corrected chi connectivity index (χ2v) is 6.79. The largest absolute Gasteiger partial charge is 0.373 e. The molecule has 2 aromatic rings. The number of hydrogen-bond donors (Lipinski definition) is 0. The fourth-order valence-corrected chi connectivity index (χ4v) is 3.76. The molecule has 0 radical (unpaired) electrons. The number of carbonyl (C=O) groups excluding carboxylic acids is 1. The average Bonchev–Trinajstić information content (AvgIpc) is 3.19. The van der Waals surface area contributed by atoms with Gasteiger partial charge in [-0.1, -0.05) is 17.7 Å². The molecule has 0 bridgehead atoms. The number of rotatable bonds is 4. The van der Waals surface area contributed by atoms with Crippen LogP contribution in [0.1, 0.15) is 39.1 Å². The summed E-state index contributed by atoms with van der Waals surface area (Å²) in [6.07, 6.45) is 3.92. The third-order valence-corrected chi connectivity index (χ3v) is 5.18. The number of amides is 1. The molecule has 2 aromatic heterocycles. The van der Waals surface area contributed by atoms with Crippen LogP contribution in [0.25, 0.3) is 0 Å². The van der Waals surface area contributed by atoms with Crippen LogP contribution in [0.5, 0.6) is 0 Å². The van der Waals surface area contributed by atoms with Crippen molar-refractivity contribution >= 4 is 28.8 Å². The van der Waals surface area contributed by atoms with Gasteiger partial charge >= 0.3 is 0 Å². The Morgan fingerprint density at radius 2 is 2.36 bits per heavy atom. The summed E-state index contributed by atoms with van der Waals surface area (Å²) in [4.78, 5) is 20.1. The number of pyridine rings is 1. The van der Waals surface area contributed by atoms with Crippen molar-refractivity contribution in [1.82, 2.24) is 9.88 Å². The Kier molecular flexibility index (Phi) is 4.76. The van der Waals surface area contributed by atoms with Crippen molar-refractivity contribution in [1.29, 1.82) is 0 Å². The van der Waals surface area contributed by atoms with E-state index in [2.05, 4.69) is 4.98 Å². The number of aromatic nitrogens is 1. The molecule has 0 N–H and O–H groups in total. The van der Waals surface area contributed by atoms with Gasteiger partial charge < -0.3 is 9.64 Å². The molecule has 1 amide bonds. The number of thiophene rings is 1. The summed E-state index contributed by atoms with van der Waals surface area (Å²) in [6, 6.07) is 7.58. The van der Waals surface area contributed by atoms with Crippen molar-refractivity contribution < 1.29 is 9.53 Å². The maximum atomic E-state index is 12.5. The smallest absolute Gasteiger partial charge is 0.263 e. The molecule has 6 heteroatoms. The van der Waals surface area contributed by atoms with Gasteiger partial charge in [-0.2, -0.15) is 0 Å². The predicted octanol–water partition coefficient (Wildman–Crippen LogP) is 3.92. The van der Waals surface area contributed by atoms with Gasteiger partial charge in [0, 0.05) is 36.8 Å². The molecular formula is C16H17ClN2O2S. The van der Waals surface area contributed by atoms with Crippen LogP contribution in [0.3, 0.4) is 0 Å². The molecule has 3 rings (SSSR count). The van der Waals surface area contributed by atoms with Crippen molar-refractivity contribution in [2.75, 3.05) is 13.7 Å². The second-order valence-electron chi connectivity index (χ2n) is 5.32. The fourth-order valence-electron chi connectivity index (χ4n) is 2.50. The van der Waals surface area contributed by atoms with Crippen LogP contribution in [0.15, 0.2) is 30.5 Å². The van der Waals surface area contributed by atoms with Crippen molar-refractivity contribution in [2.24, 2.45) is 0 Å². The van der Waals surface area contributed by atoms with Gasteiger partial charge in [-0.25, -0.2) is 4.98 Å². The zero-order valence-electron chi connectivity index (χ0n) is 12.3. The van der Waals surface area contributed by atoms with Gasteiger partial charge in [0.25, 0.3) is 5.91 Å². The van der Waals surface area contributed by atoms with Crippen molar-refractivity contribution in [2.45, 2.75) is 25.5 Å². The summed E-state index contributed by atoms with van der Waals surface area (Å²) in [5.41, 5.74) is 0.843. The molecule has 1 fully saturated rings. The molecule has 1 unspecified atom stereocenters. The van der Waals surface area contributed by atoms with Crippen LogP contribution in [-0.2, 0) is 11.3 Å². The maximum absolute atomic E-state index is 12.5. The van der Waals surface area contributed by atoms with E-state index in [-0.39, 0.29) is 12.0 Å². The zero-order chi connectivity index (χ0) is 15.5. The summed E-state index contributed by atoms with van der Waals surface area (Å²) >= 11 is 7.56. The first-order valence-corrected chi connectivity index (χ1v) is 8.41. The Morgan fingerprint density at radius 3 is 3.09 bits per heavy atom. The quantitative estimate of drug-likeness (QED) is 0.795. The number of nitrogens with zero attached hydrogens (tertiary/aromatic N) is 2. The molecule has 116 valence electrons. The van der Waals surface area contributed by atoms with Gasteiger partial charge in [0.15, 0.2) is 0 Å². The second kappa shape index (κ2) is 6.77. The summed E-state index contributed by atoms with van der Waals surface area (Å²) in [5.74, 6) is -0.00540. The molecular weight excluding hydrogens is 320 g/mol. The lowest BCUT2D eigenvalue weighted by Crippen LogP contribution is -2.25. The van der Waals surface area contributed by atoms with Gasteiger partial charge in [-0.3, -0.25) is 4.79 Å². The van der Waals surface area contributed by atoms with Crippen molar-refractivity contribution in [3.05, 3.63) is 50.9 Å². The molecule has 0 saturated carbocycles. The Morgan fingerprint density at radius 1 is 1.50 bits per heavy atom. The van der Waals surface area contributed by atoms with E-state index < -0.39 is 0 Å². The van der Waals surface area contributed by atoms with Crippen LogP contribution in [0, 0.1) is 0 Å². The lowest BCUT2D eigenvalue weighted by molar-refractivity contribution is 0.0790. The first kappa shape index (κ1) is 15.5. The molecule has 1 saturated heterocycles. The summed E-state index contributed by atoms with van der Waals surface area (Å²) in [7, 11) is 1.77. The molecule has 0 aromatic carbocycles. The highest BCUT2D eigenvalue weighted by molar-refractivity contribution is 7.14. The number of hydrogen-bond acceptors (Lipinski definition) is 4. The van der Waals surface area contributed by atoms with Crippen LogP contribution in [0.2, 0.25) is 5.15 Å². The van der Waals surface area contributed by atoms with Gasteiger partial charge in [-0.15, -0.1) is 11.3 Å². The zero-order valence-corrected chi connectivity index (χ0v) is 13.9. The normalized spacial score (nSPS) is 17.6. The van der Waals surface area contributed by atoms with E-state index in [1.54, 1.807) is 18.1 Å². The number of halogens is 1. The Balaban J connectivity index is 1.69. The maximum Gasteiger partial charge on any atom is 0.263 e. The summed E-state index contributed by atoms with van der Waals surface area (Å²) < 4.78 is 5.66. The van der Waals surface area contributed by atoms with Crippen LogP contribution in [0.4, 0.5) is 0 Å². The van der Waals surface area contributed by atoms with E-state index >= 15 is 0 Å². The minimum absolute atomic E-state index is 0.00540. The number of carbonyl (C=O) groups is 1. The highest BCUT2D eigenvalue weighted by Crippen LogP contribution is 2.33. The molecule has 3 heterocycles. The van der Waals surface area contributed by atoms with Crippen molar-refractivity contribution in [3.8, 4) is 0 Å². The molecule has 1 aliphatic rings. The molecule has 0 aliphatic carbocycles.